The molecular weight excluding hydrogens is 340 g/mol. The lowest BCUT2D eigenvalue weighted by atomic mass is 10.00. The fourth-order valence-corrected chi connectivity index (χ4v) is 5.23. The molecule has 2 fully saturated rings. The summed E-state index contributed by atoms with van der Waals surface area (Å²) in [6.07, 6.45) is 6.96. The summed E-state index contributed by atoms with van der Waals surface area (Å²) in [5.74, 6) is 0.609. The topological polar surface area (TPSA) is 84.3 Å². The molecule has 2 aliphatic rings. The van der Waals surface area contributed by atoms with Gasteiger partial charge in [0.05, 0.1) is 24.0 Å². The van der Waals surface area contributed by atoms with Crippen LogP contribution in [0.3, 0.4) is 0 Å². The highest BCUT2D eigenvalue weighted by molar-refractivity contribution is 7.91. The van der Waals surface area contributed by atoms with Crippen LogP contribution in [0.5, 0.6) is 0 Å². The van der Waals surface area contributed by atoms with Gasteiger partial charge in [-0.15, -0.1) is 0 Å². The van der Waals surface area contributed by atoms with E-state index in [0.29, 0.717) is 24.1 Å². The number of carbonyl (C=O) groups is 1. The summed E-state index contributed by atoms with van der Waals surface area (Å²) in [7, 11) is -2.80. The summed E-state index contributed by atoms with van der Waals surface area (Å²) in [5.41, 5.74) is 0. The third-order valence-corrected chi connectivity index (χ3v) is 7.10. The van der Waals surface area contributed by atoms with E-state index in [0.717, 1.165) is 38.8 Å². The van der Waals surface area contributed by atoms with E-state index >= 15 is 0 Å². The molecule has 1 N–H and O–H groups in total. The predicted octanol–water partition coefficient (Wildman–Crippen LogP) is 0.677. The average molecular weight is 369 g/mol. The van der Waals surface area contributed by atoms with Crippen molar-refractivity contribution in [1.82, 2.24) is 20.0 Å². The minimum Gasteiger partial charge on any atom is -0.353 e. The summed E-state index contributed by atoms with van der Waals surface area (Å²) < 4.78 is 24.9. The molecule has 0 bridgehead atoms. The van der Waals surface area contributed by atoms with Crippen molar-refractivity contribution in [3.05, 3.63) is 18.5 Å². The predicted molar refractivity (Wildman–Crippen MR) is 95.8 cm³/mol. The lowest BCUT2D eigenvalue weighted by molar-refractivity contribution is -0.126. The Labute approximate surface area is 149 Å². The van der Waals surface area contributed by atoms with Gasteiger partial charge in [-0.25, -0.2) is 8.42 Å². The van der Waals surface area contributed by atoms with Gasteiger partial charge in [0.25, 0.3) is 0 Å². The molecule has 1 unspecified atom stereocenters. The molecule has 25 heavy (non-hydrogen) atoms. The number of piperidine rings is 1. The Morgan fingerprint density at radius 1 is 1.24 bits per heavy atom. The van der Waals surface area contributed by atoms with Crippen molar-refractivity contribution in [2.75, 3.05) is 24.6 Å². The van der Waals surface area contributed by atoms with E-state index in [1.165, 1.54) is 0 Å². The van der Waals surface area contributed by atoms with E-state index in [4.69, 9.17) is 0 Å². The number of sulfone groups is 1. The molecule has 1 aromatic heterocycles. The summed E-state index contributed by atoms with van der Waals surface area (Å²) in [5, 5.41) is 7.31. The number of hydrogen-bond acceptors (Lipinski definition) is 5. The van der Waals surface area contributed by atoms with Crippen molar-refractivity contribution in [2.45, 2.75) is 51.2 Å². The molecule has 0 radical (unpaired) electrons. The SMILES string of the molecule is CC(Cn1cccn1)C(=O)NC1CCN(C2CCS(=O)(=O)CC2)CC1. The maximum absolute atomic E-state index is 12.4. The lowest BCUT2D eigenvalue weighted by Crippen LogP contribution is -2.50. The molecule has 1 atom stereocenters. The standard InChI is InChI=1S/C17H28N4O3S/c1-14(13-21-8-2-7-18-21)17(22)19-15-3-9-20(10-4-15)16-5-11-25(23,24)12-6-16/h2,7-8,14-16H,3-6,9-13H2,1H3,(H,19,22). The van der Waals surface area contributed by atoms with E-state index in [2.05, 4.69) is 15.3 Å². The largest absolute Gasteiger partial charge is 0.353 e. The number of nitrogens with one attached hydrogen (secondary N) is 1. The zero-order valence-corrected chi connectivity index (χ0v) is 15.6. The smallest absolute Gasteiger partial charge is 0.224 e. The molecule has 0 aliphatic carbocycles. The van der Waals surface area contributed by atoms with Gasteiger partial charge in [-0.2, -0.15) is 5.10 Å². The third-order valence-electron chi connectivity index (χ3n) is 5.38. The van der Waals surface area contributed by atoms with Crippen LogP contribution < -0.4 is 5.32 Å². The van der Waals surface area contributed by atoms with Gasteiger partial charge >= 0.3 is 0 Å². The Balaban J connectivity index is 1.41. The van der Waals surface area contributed by atoms with Crippen LogP contribution in [0, 0.1) is 5.92 Å². The molecule has 0 saturated carbocycles. The number of likely N-dealkylation sites (tertiary alicyclic amines) is 1. The quantitative estimate of drug-likeness (QED) is 0.826. The molecule has 7 nitrogen and oxygen atoms in total. The molecule has 1 amide bonds. The molecule has 1 aromatic rings. The summed E-state index contributed by atoms with van der Waals surface area (Å²) in [4.78, 5) is 14.8. The van der Waals surface area contributed by atoms with Crippen LogP contribution in [0.2, 0.25) is 0 Å². The van der Waals surface area contributed by atoms with E-state index < -0.39 is 9.84 Å². The first-order valence-corrected chi connectivity index (χ1v) is 11.0. The lowest BCUT2D eigenvalue weighted by Gasteiger charge is -2.39. The Bertz CT molecular complexity index is 652. The zero-order valence-electron chi connectivity index (χ0n) is 14.8. The normalized spacial score (nSPS) is 24.0. The van der Waals surface area contributed by atoms with Gasteiger partial charge < -0.3 is 10.2 Å². The van der Waals surface area contributed by atoms with Gasteiger partial charge in [0.2, 0.25) is 5.91 Å². The summed E-state index contributed by atoms with van der Waals surface area (Å²) in [6.45, 7) is 4.38. The number of nitrogens with zero attached hydrogens (tertiary/aromatic N) is 3. The van der Waals surface area contributed by atoms with Gasteiger partial charge in [0.15, 0.2) is 0 Å². The van der Waals surface area contributed by atoms with Crippen LogP contribution in [-0.2, 0) is 21.2 Å². The highest BCUT2D eigenvalue weighted by Gasteiger charge is 2.31. The van der Waals surface area contributed by atoms with Crippen LogP contribution in [0.4, 0.5) is 0 Å². The van der Waals surface area contributed by atoms with Crippen molar-refractivity contribution in [1.29, 1.82) is 0 Å². The molecule has 8 heteroatoms. The van der Waals surface area contributed by atoms with E-state index in [-0.39, 0.29) is 17.9 Å². The first-order chi connectivity index (χ1) is 11.9. The van der Waals surface area contributed by atoms with Crippen molar-refractivity contribution < 1.29 is 13.2 Å². The maximum atomic E-state index is 12.4. The first-order valence-electron chi connectivity index (χ1n) is 9.15. The van der Waals surface area contributed by atoms with Crippen LogP contribution in [0.1, 0.15) is 32.6 Å². The minimum atomic E-state index is -2.80. The Morgan fingerprint density at radius 3 is 2.52 bits per heavy atom. The van der Waals surface area contributed by atoms with Gasteiger partial charge in [-0.05, 0) is 31.7 Å². The fourth-order valence-electron chi connectivity index (χ4n) is 3.77. The number of rotatable bonds is 5. The van der Waals surface area contributed by atoms with E-state index in [1.807, 2.05) is 19.2 Å². The van der Waals surface area contributed by atoms with Gasteiger partial charge in [0, 0.05) is 37.6 Å². The molecule has 0 aromatic carbocycles. The van der Waals surface area contributed by atoms with Crippen LogP contribution in [0.25, 0.3) is 0 Å². The Morgan fingerprint density at radius 2 is 1.92 bits per heavy atom. The fraction of sp³-hybridized carbons (Fsp3) is 0.765. The number of carbonyl (C=O) groups excluding carboxylic acids is 1. The number of aromatic nitrogens is 2. The van der Waals surface area contributed by atoms with Crippen LogP contribution in [0.15, 0.2) is 18.5 Å². The maximum Gasteiger partial charge on any atom is 0.224 e. The summed E-state index contributed by atoms with van der Waals surface area (Å²) in [6, 6.07) is 2.46. The monoisotopic (exact) mass is 368 g/mol. The molecule has 140 valence electrons. The van der Waals surface area contributed by atoms with Crippen molar-refractivity contribution in [3.63, 3.8) is 0 Å². The van der Waals surface area contributed by atoms with Gasteiger partial charge in [-0.1, -0.05) is 6.92 Å². The number of hydrogen-bond donors (Lipinski definition) is 1. The molecule has 3 heterocycles. The van der Waals surface area contributed by atoms with Crippen molar-refractivity contribution >= 4 is 15.7 Å². The van der Waals surface area contributed by atoms with Crippen molar-refractivity contribution in [3.8, 4) is 0 Å². The Kier molecular flexibility index (Phi) is 5.78. The molecule has 0 spiro atoms. The van der Waals surface area contributed by atoms with Crippen LogP contribution in [-0.4, -0.2) is 65.7 Å². The average Bonchev–Trinajstić information content (AvgIpc) is 3.08. The third kappa shape index (κ3) is 5.04. The Hall–Kier alpha value is -1.41. The van der Waals surface area contributed by atoms with E-state index in [1.54, 1.807) is 10.9 Å². The second-order valence-corrected chi connectivity index (χ2v) is 9.63. The van der Waals surface area contributed by atoms with Crippen LogP contribution >= 0.6 is 0 Å². The second kappa shape index (κ2) is 7.86. The van der Waals surface area contributed by atoms with Crippen molar-refractivity contribution in [2.24, 2.45) is 5.92 Å². The van der Waals surface area contributed by atoms with E-state index in [9.17, 15) is 13.2 Å². The second-order valence-electron chi connectivity index (χ2n) is 7.33. The highest BCUT2D eigenvalue weighted by Crippen LogP contribution is 2.22. The zero-order chi connectivity index (χ0) is 17.9. The molecular formula is C17H28N4O3S. The first kappa shape index (κ1) is 18.4. The summed E-state index contributed by atoms with van der Waals surface area (Å²) >= 11 is 0. The van der Waals surface area contributed by atoms with Gasteiger partial charge in [-0.3, -0.25) is 9.48 Å². The highest BCUT2D eigenvalue weighted by atomic mass is 32.2. The molecule has 2 saturated heterocycles. The number of amides is 1. The minimum absolute atomic E-state index is 0.0812. The molecule has 2 aliphatic heterocycles. The van der Waals surface area contributed by atoms with Gasteiger partial charge in [0.1, 0.15) is 9.84 Å². The molecule has 3 rings (SSSR count).